The van der Waals surface area contributed by atoms with Crippen molar-refractivity contribution in [3.05, 3.63) is 52.2 Å². The second kappa shape index (κ2) is 10.5. The minimum atomic E-state index is -0.399. The second-order valence-corrected chi connectivity index (χ2v) is 9.64. The molecule has 1 aromatic carbocycles. The molecule has 2 saturated heterocycles. The van der Waals surface area contributed by atoms with Crippen molar-refractivity contribution in [3.8, 4) is 11.4 Å². The Morgan fingerprint density at radius 1 is 1.06 bits per heavy atom. The van der Waals surface area contributed by atoms with Gasteiger partial charge in [-0.05, 0) is 87.3 Å². The molecule has 0 aliphatic carbocycles. The van der Waals surface area contributed by atoms with Crippen LogP contribution in [0.5, 0.6) is 5.75 Å². The number of amides is 3. The van der Waals surface area contributed by atoms with Gasteiger partial charge in [-0.15, -0.1) is 0 Å². The fourth-order valence-electron chi connectivity index (χ4n) is 4.52. The Kier molecular flexibility index (Phi) is 7.46. The molecule has 0 unspecified atom stereocenters. The maximum absolute atomic E-state index is 13.0. The SMILES string of the molecule is CCOc1ccc(-n2c(C)cc(C=C3SC(=O)N(CC(=O)N4CCCCCC4)C3=O)c2C)cc1. The minimum Gasteiger partial charge on any atom is -0.494 e. The zero-order valence-electron chi connectivity index (χ0n) is 20.0. The van der Waals surface area contributed by atoms with Crippen LogP contribution in [0.2, 0.25) is 0 Å². The average Bonchev–Trinajstić information content (AvgIpc) is 3.09. The van der Waals surface area contributed by atoms with E-state index in [1.54, 1.807) is 11.0 Å². The van der Waals surface area contributed by atoms with Gasteiger partial charge < -0.3 is 14.2 Å². The number of thioether (sulfide) groups is 1. The number of likely N-dealkylation sites (tertiary alicyclic amines) is 1. The lowest BCUT2D eigenvalue weighted by Crippen LogP contribution is -2.42. The molecule has 2 aromatic rings. The molecule has 180 valence electrons. The van der Waals surface area contributed by atoms with Gasteiger partial charge in [0.25, 0.3) is 11.1 Å². The van der Waals surface area contributed by atoms with Crippen molar-refractivity contribution >= 4 is 34.9 Å². The summed E-state index contributed by atoms with van der Waals surface area (Å²) >= 11 is 0.898. The van der Waals surface area contributed by atoms with Gasteiger partial charge >= 0.3 is 0 Å². The largest absolute Gasteiger partial charge is 0.494 e. The van der Waals surface area contributed by atoms with Crippen LogP contribution in [0.25, 0.3) is 11.8 Å². The summed E-state index contributed by atoms with van der Waals surface area (Å²) in [6.07, 6.45) is 5.93. The zero-order valence-corrected chi connectivity index (χ0v) is 20.8. The molecule has 0 spiro atoms. The van der Waals surface area contributed by atoms with Crippen molar-refractivity contribution in [1.82, 2.24) is 14.4 Å². The van der Waals surface area contributed by atoms with Crippen molar-refractivity contribution in [1.29, 1.82) is 0 Å². The van der Waals surface area contributed by atoms with Crippen LogP contribution in [-0.2, 0) is 9.59 Å². The van der Waals surface area contributed by atoms with E-state index < -0.39 is 5.91 Å². The summed E-state index contributed by atoms with van der Waals surface area (Å²) in [6.45, 7) is 7.77. The van der Waals surface area contributed by atoms with E-state index in [4.69, 9.17) is 4.74 Å². The number of hydrogen-bond acceptors (Lipinski definition) is 5. The normalized spacial score (nSPS) is 18.0. The van der Waals surface area contributed by atoms with Crippen molar-refractivity contribution < 1.29 is 19.1 Å². The topological polar surface area (TPSA) is 71.8 Å². The van der Waals surface area contributed by atoms with Gasteiger partial charge in [-0.3, -0.25) is 19.3 Å². The third-order valence-corrected chi connectivity index (χ3v) is 7.20. The average molecular weight is 482 g/mol. The first-order chi connectivity index (χ1) is 16.4. The van der Waals surface area contributed by atoms with Crippen molar-refractivity contribution in [2.75, 3.05) is 26.2 Å². The van der Waals surface area contributed by atoms with Gasteiger partial charge in [-0.25, -0.2) is 0 Å². The van der Waals surface area contributed by atoms with E-state index in [2.05, 4.69) is 4.57 Å². The van der Waals surface area contributed by atoms with E-state index in [0.717, 1.165) is 70.7 Å². The smallest absolute Gasteiger partial charge is 0.294 e. The Bertz CT molecular complexity index is 1110. The summed E-state index contributed by atoms with van der Waals surface area (Å²) in [6, 6.07) is 9.87. The molecule has 8 heteroatoms. The Balaban J connectivity index is 1.52. The molecule has 2 aliphatic heterocycles. The Labute approximate surface area is 204 Å². The molecule has 3 heterocycles. The summed E-state index contributed by atoms with van der Waals surface area (Å²) in [7, 11) is 0. The maximum Gasteiger partial charge on any atom is 0.294 e. The lowest BCUT2D eigenvalue weighted by Gasteiger charge is -2.22. The number of ether oxygens (including phenoxy) is 1. The van der Waals surface area contributed by atoms with Crippen LogP contribution in [0.3, 0.4) is 0 Å². The zero-order chi connectivity index (χ0) is 24.2. The van der Waals surface area contributed by atoms with E-state index in [0.29, 0.717) is 24.6 Å². The predicted octanol–water partition coefficient (Wildman–Crippen LogP) is 4.93. The minimum absolute atomic E-state index is 0.154. The van der Waals surface area contributed by atoms with Crippen molar-refractivity contribution in [3.63, 3.8) is 0 Å². The molecule has 3 amide bonds. The van der Waals surface area contributed by atoms with Crippen molar-refractivity contribution in [2.45, 2.75) is 46.5 Å². The van der Waals surface area contributed by atoms with Crippen molar-refractivity contribution in [2.24, 2.45) is 0 Å². The third kappa shape index (κ3) is 5.06. The van der Waals surface area contributed by atoms with Gasteiger partial charge in [-0.2, -0.15) is 0 Å². The summed E-state index contributed by atoms with van der Waals surface area (Å²) < 4.78 is 7.64. The highest BCUT2D eigenvalue weighted by Crippen LogP contribution is 2.34. The lowest BCUT2D eigenvalue weighted by atomic mass is 10.2. The Hall–Kier alpha value is -3.00. The molecule has 7 nitrogen and oxygen atoms in total. The number of aromatic nitrogens is 1. The first-order valence-corrected chi connectivity index (χ1v) is 12.7. The van der Waals surface area contributed by atoms with E-state index in [9.17, 15) is 14.4 Å². The molecule has 0 saturated carbocycles. The molecule has 1 aromatic heterocycles. The maximum atomic E-state index is 13.0. The van der Waals surface area contributed by atoms with Gasteiger partial charge in [0, 0.05) is 30.2 Å². The molecular weight excluding hydrogens is 450 g/mol. The molecule has 0 atom stereocenters. The van der Waals surface area contributed by atoms with Crippen LogP contribution in [-0.4, -0.2) is 57.7 Å². The van der Waals surface area contributed by atoms with Crippen LogP contribution in [0.4, 0.5) is 4.79 Å². The molecule has 34 heavy (non-hydrogen) atoms. The highest BCUT2D eigenvalue weighted by atomic mass is 32.2. The third-order valence-electron chi connectivity index (χ3n) is 6.29. The molecule has 0 radical (unpaired) electrons. The molecule has 2 aliphatic rings. The van der Waals surface area contributed by atoms with Crippen LogP contribution < -0.4 is 4.74 Å². The van der Waals surface area contributed by atoms with Crippen LogP contribution in [0, 0.1) is 13.8 Å². The number of benzene rings is 1. The fraction of sp³-hybridized carbons (Fsp3) is 0.423. The number of carbonyl (C=O) groups is 3. The molecule has 2 fully saturated rings. The number of aryl methyl sites for hydroxylation is 1. The predicted molar refractivity (Wildman–Crippen MR) is 134 cm³/mol. The summed E-state index contributed by atoms with van der Waals surface area (Å²) in [4.78, 5) is 41.5. The molecular formula is C26H31N3O4S. The van der Waals surface area contributed by atoms with E-state index in [1.807, 2.05) is 51.1 Å². The number of hydrogen-bond donors (Lipinski definition) is 0. The highest BCUT2D eigenvalue weighted by molar-refractivity contribution is 8.18. The van der Waals surface area contributed by atoms with Crippen LogP contribution in [0.1, 0.15) is 49.6 Å². The fourth-order valence-corrected chi connectivity index (χ4v) is 5.35. The second-order valence-electron chi connectivity index (χ2n) is 8.65. The molecule has 4 rings (SSSR count). The van der Waals surface area contributed by atoms with E-state index >= 15 is 0 Å². The Morgan fingerprint density at radius 3 is 2.38 bits per heavy atom. The molecule has 0 bridgehead atoms. The lowest BCUT2D eigenvalue weighted by molar-refractivity contribution is -0.135. The summed E-state index contributed by atoms with van der Waals surface area (Å²) in [5.74, 6) is 0.264. The highest BCUT2D eigenvalue weighted by Gasteiger charge is 2.37. The van der Waals surface area contributed by atoms with Crippen LogP contribution >= 0.6 is 11.8 Å². The first-order valence-electron chi connectivity index (χ1n) is 11.8. The molecule has 0 N–H and O–H groups in total. The summed E-state index contributed by atoms with van der Waals surface area (Å²) in [5.41, 5.74) is 3.85. The Morgan fingerprint density at radius 2 is 1.74 bits per heavy atom. The van der Waals surface area contributed by atoms with Gasteiger partial charge in [0.15, 0.2) is 0 Å². The number of imide groups is 1. The quantitative estimate of drug-likeness (QED) is 0.547. The van der Waals surface area contributed by atoms with Gasteiger partial charge in [0.2, 0.25) is 5.91 Å². The number of nitrogens with zero attached hydrogens (tertiary/aromatic N) is 3. The first kappa shape index (κ1) is 24.1. The monoisotopic (exact) mass is 481 g/mol. The van der Waals surface area contributed by atoms with Gasteiger partial charge in [-0.1, -0.05) is 12.8 Å². The van der Waals surface area contributed by atoms with Gasteiger partial charge in [0.05, 0.1) is 11.5 Å². The van der Waals surface area contributed by atoms with E-state index in [1.165, 1.54) is 0 Å². The number of rotatable bonds is 6. The van der Waals surface area contributed by atoms with E-state index in [-0.39, 0.29) is 17.7 Å². The standard InChI is InChI=1S/C26H31N3O4S/c1-4-33-22-11-9-21(10-12-22)29-18(2)15-20(19(29)3)16-23-25(31)28(26(32)34-23)17-24(30)27-13-7-5-6-8-14-27/h9-12,15-16H,4-8,13-14,17H2,1-3H3. The van der Waals surface area contributed by atoms with Crippen LogP contribution in [0.15, 0.2) is 35.2 Å². The number of carbonyl (C=O) groups excluding carboxylic acids is 3. The summed E-state index contributed by atoms with van der Waals surface area (Å²) in [5, 5.41) is -0.389. The van der Waals surface area contributed by atoms with Gasteiger partial charge in [0.1, 0.15) is 12.3 Å².